The molecule has 0 aliphatic heterocycles. The number of benzene rings is 1. The molecule has 0 aliphatic carbocycles. The second kappa shape index (κ2) is 6.65. The van der Waals surface area contributed by atoms with Gasteiger partial charge in [-0.25, -0.2) is 0 Å². The van der Waals surface area contributed by atoms with Crippen LogP contribution in [0.25, 0.3) is 0 Å². The Morgan fingerprint density at radius 1 is 1.29 bits per heavy atom. The number of hydrogen-bond donors (Lipinski definition) is 1. The van der Waals surface area contributed by atoms with Gasteiger partial charge in [-0.05, 0) is 62.9 Å². The van der Waals surface area contributed by atoms with Crippen LogP contribution >= 0.6 is 0 Å². The van der Waals surface area contributed by atoms with Gasteiger partial charge in [0.2, 0.25) is 0 Å². The molecule has 0 heterocycles. The highest BCUT2D eigenvalue weighted by atomic mass is 16.5. The highest BCUT2D eigenvalue weighted by molar-refractivity contribution is 5.43. The molecular formula is C15H25NO. The number of hydrogen-bond acceptors (Lipinski definition) is 2. The molecule has 2 nitrogen and oxygen atoms in total. The molecule has 0 saturated carbocycles. The Morgan fingerprint density at radius 3 is 2.53 bits per heavy atom. The van der Waals surface area contributed by atoms with Crippen molar-refractivity contribution in [3.8, 4) is 5.75 Å². The van der Waals surface area contributed by atoms with E-state index in [1.165, 1.54) is 23.1 Å². The maximum Gasteiger partial charge on any atom is 0.122 e. The van der Waals surface area contributed by atoms with Crippen molar-refractivity contribution in [1.82, 2.24) is 5.32 Å². The monoisotopic (exact) mass is 235 g/mol. The Kier molecular flexibility index (Phi) is 5.49. The van der Waals surface area contributed by atoms with E-state index in [0.717, 1.165) is 18.6 Å². The molecule has 0 fully saturated rings. The normalized spacial score (nSPS) is 12.5. The summed E-state index contributed by atoms with van der Waals surface area (Å²) < 4.78 is 5.49. The van der Waals surface area contributed by atoms with Crippen LogP contribution in [-0.4, -0.2) is 20.2 Å². The number of aryl methyl sites for hydroxylation is 2. The lowest BCUT2D eigenvalue weighted by atomic mass is 9.97. The first kappa shape index (κ1) is 14.0. The second-order valence-corrected chi connectivity index (χ2v) is 4.70. The summed E-state index contributed by atoms with van der Waals surface area (Å²) in [5.41, 5.74) is 3.96. The SMILES string of the molecule is CCC(CCc1c(C)cc(C)cc1OC)NC. The van der Waals surface area contributed by atoms with E-state index in [0.29, 0.717) is 6.04 Å². The largest absolute Gasteiger partial charge is 0.496 e. The zero-order valence-electron chi connectivity index (χ0n) is 11.8. The van der Waals surface area contributed by atoms with Crippen LogP contribution in [0.5, 0.6) is 5.75 Å². The van der Waals surface area contributed by atoms with Gasteiger partial charge in [-0.1, -0.05) is 13.0 Å². The average Bonchev–Trinajstić information content (AvgIpc) is 2.31. The van der Waals surface area contributed by atoms with Crippen molar-refractivity contribution in [2.45, 2.75) is 46.1 Å². The fraction of sp³-hybridized carbons (Fsp3) is 0.600. The van der Waals surface area contributed by atoms with E-state index in [9.17, 15) is 0 Å². The Morgan fingerprint density at radius 2 is 2.00 bits per heavy atom. The van der Waals surface area contributed by atoms with Gasteiger partial charge in [-0.3, -0.25) is 0 Å². The highest BCUT2D eigenvalue weighted by Gasteiger charge is 2.10. The lowest BCUT2D eigenvalue weighted by Gasteiger charge is -2.17. The van der Waals surface area contributed by atoms with E-state index in [2.05, 4.69) is 38.2 Å². The summed E-state index contributed by atoms with van der Waals surface area (Å²) in [7, 11) is 3.79. The van der Waals surface area contributed by atoms with Gasteiger partial charge < -0.3 is 10.1 Å². The lowest BCUT2D eigenvalue weighted by molar-refractivity contribution is 0.405. The molecule has 2 heteroatoms. The number of nitrogens with one attached hydrogen (secondary N) is 1. The quantitative estimate of drug-likeness (QED) is 0.817. The maximum absolute atomic E-state index is 5.49. The predicted molar refractivity (Wildman–Crippen MR) is 73.9 cm³/mol. The van der Waals surface area contributed by atoms with Crippen molar-refractivity contribution in [3.05, 3.63) is 28.8 Å². The summed E-state index contributed by atoms with van der Waals surface area (Å²) in [5, 5.41) is 3.35. The van der Waals surface area contributed by atoms with Gasteiger partial charge in [0.25, 0.3) is 0 Å². The Bertz CT molecular complexity index is 356. The molecule has 0 aromatic heterocycles. The standard InChI is InChI=1S/C15H25NO/c1-6-13(16-4)7-8-14-12(3)9-11(2)10-15(14)17-5/h9-10,13,16H,6-8H2,1-5H3. The molecule has 0 amide bonds. The predicted octanol–water partition coefficient (Wildman–Crippen LogP) is 3.24. The summed E-state index contributed by atoms with van der Waals surface area (Å²) in [6, 6.07) is 4.96. The second-order valence-electron chi connectivity index (χ2n) is 4.70. The van der Waals surface area contributed by atoms with Crippen LogP contribution < -0.4 is 10.1 Å². The number of ether oxygens (including phenoxy) is 1. The van der Waals surface area contributed by atoms with E-state index >= 15 is 0 Å². The molecule has 0 spiro atoms. The van der Waals surface area contributed by atoms with Crippen molar-refractivity contribution in [3.63, 3.8) is 0 Å². The minimum absolute atomic E-state index is 0.598. The van der Waals surface area contributed by atoms with Crippen LogP contribution in [0.3, 0.4) is 0 Å². The van der Waals surface area contributed by atoms with Gasteiger partial charge >= 0.3 is 0 Å². The molecular weight excluding hydrogens is 210 g/mol. The molecule has 0 bridgehead atoms. The fourth-order valence-corrected chi connectivity index (χ4v) is 2.33. The third-order valence-corrected chi connectivity index (χ3v) is 3.44. The van der Waals surface area contributed by atoms with E-state index in [1.807, 2.05) is 7.05 Å². The molecule has 1 rings (SSSR count). The molecule has 1 unspecified atom stereocenters. The molecule has 0 radical (unpaired) electrons. The van der Waals surface area contributed by atoms with Gasteiger partial charge in [0.1, 0.15) is 5.75 Å². The van der Waals surface area contributed by atoms with Crippen molar-refractivity contribution < 1.29 is 4.74 Å². The van der Waals surface area contributed by atoms with Gasteiger partial charge in [0.15, 0.2) is 0 Å². The Labute approximate surface area is 105 Å². The lowest BCUT2D eigenvalue weighted by Crippen LogP contribution is -2.24. The molecule has 0 aliphatic rings. The first-order valence-electron chi connectivity index (χ1n) is 6.43. The van der Waals surface area contributed by atoms with Crippen LogP contribution in [0, 0.1) is 13.8 Å². The van der Waals surface area contributed by atoms with Crippen LogP contribution in [-0.2, 0) is 6.42 Å². The summed E-state index contributed by atoms with van der Waals surface area (Å²) in [4.78, 5) is 0. The third-order valence-electron chi connectivity index (χ3n) is 3.44. The minimum atomic E-state index is 0.598. The van der Waals surface area contributed by atoms with Gasteiger partial charge in [-0.15, -0.1) is 0 Å². The van der Waals surface area contributed by atoms with E-state index in [4.69, 9.17) is 4.74 Å². The first-order chi connectivity index (χ1) is 8.12. The van der Waals surface area contributed by atoms with Crippen molar-refractivity contribution in [1.29, 1.82) is 0 Å². The Hall–Kier alpha value is -1.02. The van der Waals surface area contributed by atoms with E-state index in [-0.39, 0.29) is 0 Å². The fourth-order valence-electron chi connectivity index (χ4n) is 2.33. The maximum atomic E-state index is 5.49. The topological polar surface area (TPSA) is 21.3 Å². The zero-order chi connectivity index (χ0) is 12.8. The molecule has 1 aromatic carbocycles. The number of rotatable bonds is 6. The molecule has 1 aromatic rings. The van der Waals surface area contributed by atoms with Crippen LogP contribution in [0.15, 0.2) is 12.1 Å². The van der Waals surface area contributed by atoms with Crippen LogP contribution in [0.1, 0.15) is 36.5 Å². The molecule has 1 atom stereocenters. The minimum Gasteiger partial charge on any atom is -0.496 e. The summed E-state index contributed by atoms with van der Waals surface area (Å²) in [6.07, 6.45) is 3.41. The number of methoxy groups -OCH3 is 1. The average molecular weight is 235 g/mol. The smallest absolute Gasteiger partial charge is 0.122 e. The Balaban J connectivity index is 2.82. The van der Waals surface area contributed by atoms with Crippen LogP contribution in [0.2, 0.25) is 0 Å². The van der Waals surface area contributed by atoms with Crippen molar-refractivity contribution in [2.24, 2.45) is 0 Å². The molecule has 0 saturated heterocycles. The van der Waals surface area contributed by atoms with E-state index in [1.54, 1.807) is 7.11 Å². The van der Waals surface area contributed by atoms with Crippen LogP contribution in [0.4, 0.5) is 0 Å². The van der Waals surface area contributed by atoms with Crippen molar-refractivity contribution >= 4 is 0 Å². The molecule has 96 valence electrons. The zero-order valence-corrected chi connectivity index (χ0v) is 11.8. The van der Waals surface area contributed by atoms with Gasteiger partial charge in [-0.2, -0.15) is 0 Å². The van der Waals surface area contributed by atoms with E-state index < -0.39 is 0 Å². The first-order valence-corrected chi connectivity index (χ1v) is 6.43. The summed E-state index contributed by atoms with van der Waals surface area (Å²) in [6.45, 7) is 6.51. The third kappa shape index (κ3) is 3.74. The molecule has 17 heavy (non-hydrogen) atoms. The highest BCUT2D eigenvalue weighted by Crippen LogP contribution is 2.26. The van der Waals surface area contributed by atoms with Gasteiger partial charge in [0, 0.05) is 6.04 Å². The van der Waals surface area contributed by atoms with Crippen molar-refractivity contribution in [2.75, 3.05) is 14.2 Å². The summed E-state index contributed by atoms with van der Waals surface area (Å²) in [5.74, 6) is 1.04. The molecule has 1 N–H and O–H groups in total. The van der Waals surface area contributed by atoms with Gasteiger partial charge in [0.05, 0.1) is 7.11 Å². The summed E-state index contributed by atoms with van der Waals surface area (Å²) >= 11 is 0.